The highest BCUT2D eigenvalue weighted by atomic mass is 15.2. The Labute approximate surface area is 103 Å². The second-order valence-electron chi connectivity index (χ2n) is 4.59. The lowest BCUT2D eigenvalue weighted by atomic mass is 10.1. The zero-order valence-electron chi connectivity index (χ0n) is 11.1. The summed E-state index contributed by atoms with van der Waals surface area (Å²) in [6.07, 6.45) is 4.79. The second kappa shape index (κ2) is 5.34. The van der Waals surface area contributed by atoms with Crippen molar-refractivity contribution in [2.24, 2.45) is 0 Å². The van der Waals surface area contributed by atoms with E-state index in [-0.39, 0.29) is 0 Å². The fourth-order valence-corrected chi connectivity index (χ4v) is 2.37. The first-order chi connectivity index (χ1) is 8.26. The van der Waals surface area contributed by atoms with Crippen LogP contribution < -0.4 is 10.2 Å². The molecule has 2 heterocycles. The largest absolute Gasteiger partial charge is 0.373 e. The van der Waals surface area contributed by atoms with Crippen LogP contribution >= 0.6 is 0 Å². The second-order valence-corrected chi connectivity index (χ2v) is 4.59. The standard InChI is InChI=1S/C13H22N4/c1-4-11-15-12(14-3)10(2)13(16-11)17-8-6-5-7-9-17/h4-9H2,1-3H3,(H,14,15,16). The van der Waals surface area contributed by atoms with Gasteiger partial charge in [0.1, 0.15) is 17.5 Å². The Bertz CT molecular complexity index is 383. The van der Waals surface area contributed by atoms with Crippen molar-refractivity contribution >= 4 is 11.6 Å². The van der Waals surface area contributed by atoms with Crippen molar-refractivity contribution in [2.45, 2.75) is 39.5 Å². The third-order valence-corrected chi connectivity index (χ3v) is 3.38. The quantitative estimate of drug-likeness (QED) is 0.872. The summed E-state index contributed by atoms with van der Waals surface area (Å²) in [6.45, 7) is 6.47. The Morgan fingerprint density at radius 1 is 1.18 bits per heavy atom. The molecule has 1 saturated heterocycles. The van der Waals surface area contributed by atoms with Crippen LogP contribution in [0.15, 0.2) is 0 Å². The Hall–Kier alpha value is -1.32. The maximum Gasteiger partial charge on any atom is 0.137 e. The third kappa shape index (κ3) is 2.51. The molecule has 1 aromatic rings. The molecule has 1 N–H and O–H groups in total. The predicted molar refractivity (Wildman–Crippen MR) is 71.8 cm³/mol. The van der Waals surface area contributed by atoms with Crippen molar-refractivity contribution in [1.82, 2.24) is 9.97 Å². The average Bonchev–Trinajstić information content (AvgIpc) is 2.40. The summed E-state index contributed by atoms with van der Waals surface area (Å²) in [7, 11) is 1.93. The molecule has 0 atom stereocenters. The van der Waals surface area contributed by atoms with E-state index in [0.717, 1.165) is 37.0 Å². The van der Waals surface area contributed by atoms with Gasteiger partial charge in [-0.2, -0.15) is 0 Å². The van der Waals surface area contributed by atoms with E-state index in [1.165, 1.54) is 24.8 Å². The highest BCUT2D eigenvalue weighted by Crippen LogP contribution is 2.26. The molecule has 0 aromatic carbocycles. The molecule has 0 unspecified atom stereocenters. The molecule has 4 nitrogen and oxygen atoms in total. The van der Waals surface area contributed by atoms with Crippen molar-refractivity contribution in [3.05, 3.63) is 11.4 Å². The van der Waals surface area contributed by atoms with E-state index < -0.39 is 0 Å². The summed E-state index contributed by atoms with van der Waals surface area (Å²) in [5.41, 5.74) is 1.17. The van der Waals surface area contributed by atoms with Crippen LogP contribution in [0.2, 0.25) is 0 Å². The minimum atomic E-state index is 0.885. The maximum atomic E-state index is 4.70. The monoisotopic (exact) mass is 234 g/mol. The van der Waals surface area contributed by atoms with Crippen LogP contribution in [0.3, 0.4) is 0 Å². The maximum absolute atomic E-state index is 4.70. The van der Waals surface area contributed by atoms with Gasteiger partial charge in [0, 0.05) is 32.1 Å². The molecule has 0 spiro atoms. The molecule has 1 aliphatic rings. The Balaban J connectivity index is 2.36. The van der Waals surface area contributed by atoms with Crippen LogP contribution in [0.25, 0.3) is 0 Å². The van der Waals surface area contributed by atoms with Gasteiger partial charge in [-0.1, -0.05) is 6.92 Å². The number of anilines is 2. The number of rotatable bonds is 3. The van der Waals surface area contributed by atoms with Crippen molar-refractivity contribution in [2.75, 3.05) is 30.4 Å². The van der Waals surface area contributed by atoms with Gasteiger partial charge in [0.15, 0.2) is 0 Å². The molecule has 2 rings (SSSR count). The number of piperidine rings is 1. The first-order valence-corrected chi connectivity index (χ1v) is 6.56. The van der Waals surface area contributed by atoms with Crippen molar-refractivity contribution in [3.8, 4) is 0 Å². The van der Waals surface area contributed by atoms with Gasteiger partial charge in [-0.05, 0) is 26.2 Å². The summed E-state index contributed by atoms with van der Waals surface area (Å²) in [4.78, 5) is 11.6. The van der Waals surface area contributed by atoms with Crippen LogP contribution in [-0.4, -0.2) is 30.1 Å². The van der Waals surface area contributed by atoms with Crippen LogP contribution in [0, 0.1) is 6.92 Å². The molecular formula is C13H22N4. The Morgan fingerprint density at radius 3 is 2.47 bits per heavy atom. The lowest BCUT2D eigenvalue weighted by molar-refractivity contribution is 0.571. The number of aryl methyl sites for hydroxylation is 1. The highest BCUT2D eigenvalue weighted by Gasteiger charge is 2.17. The van der Waals surface area contributed by atoms with E-state index in [0.29, 0.717) is 0 Å². The zero-order valence-corrected chi connectivity index (χ0v) is 11.1. The van der Waals surface area contributed by atoms with E-state index in [1.54, 1.807) is 0 Å². The molecule has 0 aliphatic carbocycles. The van der Waals surface area contributed by atoms with Gasteiger partial charge in [-0.15, -0.1) is 0 Å². The van der Waals surface area contributed by atoms with Gasteiger partial charge in [0.05, 0.1) is 0 Å². The molecule has 0 radical (unpaired) electrons. The van der Waals surface area contributed by atoms with E-state index in [2.05, 4.69) is 29.0 Å². The fourth-order valence-electron chi connectivity index (χ4n) is 2.37. The molecular weight excluding hydrogens is 212 g/mol. The molecule has 1 fully saturated rings. The van der Waals surface area contributed by atoms with E-state index in [1.807, 2.05) is 7.05 Å². The normalized spacial score (nSPS) is 16.1. The van der Waals surface area contributed by atoms with Gasteiger partial charge in [-0.25, -0.2) is 9.97 Å². The summed E-state index contributed by atoms with van der Waals surface area (Å²) < 4.78 is 0. The minimum absolute atomic E-state index is 0.885. The number of nitrogens with zero attached hydrogens (tertiary/aromatic N) is 3. The predicted octanol–water partition coefficient (Wildman–Crippen LogP) is 2.38. The van der Waals surface area contributed by atoms with Gasteiger partial charge in [0.25, 0.3) is 0 Å². The van der Waals surface area contributed by atoms with Gasteiger partial charge in [0.2, 0.25) is 0 Å². The lowest BCUT2D eigenvalue weighted by Gasteiger charge is -2.29. The molecule has 4 heteroatoms. The lowest BCUT2D eigenvalue weighted by Crippen LogP contribution is -2.31. The SMILES string of the molecule is CCc1nc(NC)c(C)c(N2CCCCC2)n1. The molecule has 17 heavy (non-hydrogen) atoms. The van der Waals surface area contributed by atoms with Crippen LogP contribution in [0.5, 0.6) is 0 Å². The summed E-state index contributed by atoms with van der Waals surface area (Å²) in [5, 5.41) is 3.17. The Kier molecular flexibility index (Phi) is 3.82. The van der Waals surface area contributed by atoms with Gasteiger partial charge < -0.3 is 10.2 Å². The smallest absolute Gasteiger partial charge is 0.137 e. The zero-order chi connectivity index (χ0) is 12.3. The van der Waals surface area contributed by atoms with Crippen molar-refractivity contribution in [1.29, 1.82) is 0 Å². The first-order valence-electron chi connectivity index (χ1n) is 6.56. The molecule has 1 aliphatic heterocycles. The van der Waals surface area contributed by atoms with Crippen molar-refractivity contribution in [3.63, 3.8) is 0 Å². The Morgan fingerprint density at radius 2 is 1.88 bits per heavy atom. The van der Waals surface area contributed by atoms with Crippen LogP contribution in [-0.2, 0) is 6.42 Å². The highest BCUT2D eigenvalue weighted by molar-refractivity contribution is 5.58. The molecule has 0 bridgehead atoms. The molecule has 0 amide bonds. The minimum Gasteiger partial charge on any atom is -0.373 e. The first kappa shape index (κ1) is 12.1. The number of hydrogen-bond acceptors (Lipinski definition) is 4. The molecule has 0 saturated carbocycles. The van der Waals surface area contributed by atoms with Crippen LogP contribution in [0.1, 0.15) is 37.6 Å². The summed E-state index contributed by atoms with van der Waals surface area (Å²) in [5.74, 6) is 3.03. The molecule has 1 aromatic heterocycles. The van der Waals surface area contributed by atoms with Gasteiger partial charge in [-0.3, -0.25) is 0 Å². The van der Waals surface area contributed by atoms with Crippen LogP contribution in [0.4, 0.5) is 11.6 Å². The van der Waals surface area contributed by atoms with E-state index in [9.17, 15) is 0 Å². The summed E-state index contributed by atoms with van der Waals surface area (Å²) >= 11 is 0. The van der Waals surface area contributed by atoms with Crippen molar-refractivity contribution < 1.29 is 0 Å². The van der Waals surface area contributed by atoms with Gasteiger partial charge >= 0.3 is 0 Å². The van der Waals surface area contributed by atoms with E-state index in [4.69, 9.17) is 4.98 Å². The number of nitrogens with one attached hydrogen (secondary N) is 1. The fraction of sp³-hybridized carbons (Fsp3) is 0.692. The third-order valence-electron chi connectivity index (χ3n) is 3.38. The number of hydrogen-bond donors (Lipinski definition) is 1. The topological polar surface area (TPSA) is 41.1 Å². The van der Waals surface area contributed by atoms with E-state index >= 15 is 0 Å². The average molecular weight is 234 g/mol. The summed E-state index contributed by atoms with van der Waals surface area (Å²) in [6, 6.07) is 0. The number of aromatic nitrogens is 2. The molecule has 94 valence electrons.